The summed E-state index contributed by atoms with van der Waals surface area (Å²) >= 11 is 0. The van der Waals surface area contributed by atoms with E-state index in [1.807, 2.05) is 24.3 Å². The van der Waals surface area contributed by atoms with Gasteiger partial charge in [-0.05, 0) is 23.3 Å². The maximum absolute atomic E-state index is 11.9. The quantitative estimate of drug-likeness (QED) is 0.734. The molecule has 1 heterocycles. The van der Waals surface area contributed by atoms with Crippen LogP contribution in [-0.4, -0.2) is 11.8 Å². The van der Waals surface area contributed by atoms with Crippen LogP contribution in [0.25, 0.3) is 11.1 Å². The monoisotopic (exact) mass is 238 g/mol. The van der Waals surface area contributed by atoms with Gasteiger partial charge in [0.2, 0.25) is 0 Å². The zero-order valence-corrected chi connectivity index (χ0v) is 9.44. The molecular weight excluding hydrogens is 228 g/mol. The van der Waals surface area contributed by atoms with Crippen LogP contribution in [0.1, 0.15) is 20.7 Å². The van der Waals surface area contributed by atoms with E-state index in [0.717, 1.165) is 11.1 Å². The molecule has 0 saturated carbocycles. The van der Waals surface area contributed by atoms with Crippen LogP contribution in [0, 0.1) is 0 Å². The fraction of sp³-hybridized carbons (Fsp3) is 0. The fourth-order valence-electron chi connectivity index (χ4n) is 2.08. The summed E-state index contributed by atoms with van der Waals surface area (Å²) in [6, 6.07) is 14.4. The maximum Gasteiger partial charge on any atom is 0.270 e. The number of rotatable bonds is 0. The van der Waals surface area contributed by atoms with Crippen molar-refractivity contribution >= 4 is 11.8 Å². The van der Waals surface area contributed by atoms with Crippen molar-refractivity contribution in [2.45, 2.75) is 0 Å². The molecule has 0 saturated heterocycles. The van der Waals surface area contributed by atoms with E-state index in [1.165, 1.54) is 0 Å². The first kappa shape index (κ1) is 10.5. The highest BCUT2D eigenvalue weighted by Crippen LogP contribution is 2.27. The first-order valence-electron chi connectivity index (χ1n) is 5.56. The number of carbonyl (C=O) groups is 2. The Kier molecular flexibility index (Phi) is 2.34. The Labute approximate surface area is 104 Å². The van der Waals surface area contributed by atoms with E-state index in [-0.39, 0.29) is 11.8 Å². The molecule has 2 N–H and O–H groups in total. The van der Waals surface area contributed by atoms with E-state index in [1.54, 1.807) is 24.3 Å². The minimum atomic E-state index is -0.312. The Bertz CT molecular complexity index is 592. The number of hydrazine groups is 1. The van der Waals surface area contributed by atoms with E-state index in [0.29, 0.717) is 11.1 Å². The zero-order valence-electron chi connectivity index (χ0n) is 9.44. The van der Waals surface area contributed by atoms with Crippen LogP contribution in [0.2, 0.25) is 0 Å². The second-order valence-corrected chi connectivity index (χ2v) is 4.00. The molecule has 3 rings (SSSR count). The van der Waals surface area contributed by atoms with Crippen LogP contribution in [0.4, 0.5) is 0 Å². The van der Waals surface area contributed by atoms with E-state index in [2.05, 4.69) is 10.9 Å². The Morgan fingerprint density at radius 3 is 1.28 bits per heavy atom. The number of fused-ring (bicyclic) bond motifs is 3. The van der Waals surface area contributed by atoms with Crippen molar-refractivity contribution in [1.82, 2.24) is 10.9 Å². The Morgan fingerprint density at radius 2 is 0.889 bits per heavy atom. The summed E-state index contributed by atoms with van der Waals surface area (Å²) in [5.41, 5.74) is 7.41. The zero-order chi connectivity index (χ0) is 12.5. The van der Waals surface area contributed by atoms with Gasteiger partial charge in [-0.2, -0.15) is 0 Å². The Hall–Kier alpha value is -2.62. The van der Waals surface area contributed by atoms with Crippen molar-refractivity contribution in [1.29, 1.82) is 0 Å². The average molecular weight is 238 g/mol. The summed E-state index contributed by atoms with van der Waals surface area (Å²) in [4.78, 5) is 23.8. The lowest BCUT2D eigenvalue weighted by molar-refractivity contribution is 0.0845. The topological polar surface area (TPSA) is 58.2 Å². The van der Waals surface area contributed by atoms with Gasteiger partial charge >= 0.3 is 0 Å². The molecule has 0 atom stereocenters. The number of carbonyl (C=O) groups excluding carboxylic acids is 2. The molecule has 2 aromatic carbocycles. The number of hydrogen-bond donors (Lipinski definition) is 2. The van der Waals surface area contributed by atoms with Crippen molar-refractivity contribution in [3.05, 3.63) is 59.7 Å². The third kappa shape index (κ3) is 1.55. The lowest BCUT2D eigenvalue weighted by Crippen LogP contribution is -2.43. The molecule has 18 heavy (non-hydrogen) atoms. The molecule has 0 spiro atoms. The highest BCUT2D eigenvalue weighted by Gasteiger charge is 2.21. The molecule has 0 bridgehead atoms. The molecule has 2 aromatic rings. The number of amides is 2. The van der Waals surface area contributed by atoms with Crippen LogP contribution >= 0.6 is 0 Å². The first-order chi connectivity index (χ1) is 8.77. The van der Waals surface area contributed by atoms with Gasteiger partial charge in [0.15, 0.2) is 0 Å². The van der Waals surface area contributed by atoms with Crippen LogP contribution in [-0.2, 0) is 0 Å². The van der Waals surface area contributed by atoms with Gasteiger partial charge in [0.1, 0.15) is 0 Å². The smallest absolute Gasteiger partial charge is 0.267 e. The molecule has 88 valence electrons. The van der Waals surface area contributed by atoms with Gasteiger partial charge in [-0.1, -0.05) is 36.4 Å². The normalized spacial score (nSPS) is 13.6. The maximum atomic E-state index is 11.9. The SMILES string of the molecule is O=C1NNC(=O)c2ccccc2-c2ccccc21. The van der Waals surface area contributed by atoms with Gasteiger partial charge in [-0.3, -0.25) is 20.4 Å². The molecule has 0 aromatic heterocycles. The summed E-state index contributed by atoms with van der Waals surface area (Å²) < 4.78 is 0. The van der Waals surface area contributed by atoms with Crippen LogP contribution < -0.4 is 10.9 Å². The molecule has 4 nitrogen and oxygen atoms in total. The molecule has 0 fully saturated rings. The average Bonchev–Trinajstić information content (AvgIpc) is 2.43. The van der Waals surface area contributed by atoms with Crippen molar-refractivity contribution in [2.75, 3.05) is 0 Å². The van der Waals surface area contributed by atoms with Gasteiger partial charge in [-0.15, -0.1) is 0 Å². The lowest BCUT2D eigenvalue weighted by Gasteiger charge is -2.17. The standard InChI is InChI=1S/C14H10N2O2/c17-13-11-7-3-1-5-9(11)10-6-2-4-8-12(10)14(18)16-15-13/h1-8H,(H,15,17)(H,16,18). The largest absolute Gasteiger partial charge is 0.270 e. The number of hydrogen-bond acceptors (Lipinski definition) is 2. The van der Waals surface area contributed by atoms with Crippen LogP contribution in [0.3, 0.4) is 0 Å². The van der Waals surface area contributed by atoms with Crippen molar-refractivity contribution in [2.24, 2.45) is 0 Å². The third-order valence-electron chi connectivity index (χ3n) is 2.92. The van der Waals surface area contributed by atoms with Crippen molar-refractivity contribution in [3.63, 3.8) is 0 Å². The fourth-order valence-corrected chi connectivity index (χ4v) is 2.08. The predicted molar refractivity (Wildman–Crippen MR) is 66.8 cm³/mol. The molecule has 0 radical (unpaired) electrons. The molecule has 0 unspecified atom stereocenters. The third-order valence-corrected chi connectivity index (χ3v) is 2.92. The second-order valence-electron chi connectivity index (χ2n) is 4.00. The molecular formula is C14H10N2O2. The second kappa shape index (κ2) is 4.00. The molecule has 4 heteroatoms. The summed E-state index contributed by atoms with van der Waals surface area (Å²) in [7, 11) is 0. The van der Waals surface area contributed by atoms with Gasteiger partial charge in [-0.25, -0.2) is 0 Å². The minimum absolute atomic E-state index is 0.312. The highest BCUT2D eigenvalue weighted by molar-refractivity contribution is 6.09. The highest BCUT2D eigenvalue weighted by atomic mass is 16.2. The van der Waals surface area contributed by atoms with Crippen molar-refractivity contribution < 1.29 is 9.59 Å². The Balaban J connectivity index is 2.33. The van der Waals surface area contributed by atoms with E-state index >= 15 is 0 Å². The minimum Gasteiger partial charge on any atom is -0.267 e. The summed E-state index contributed by atoms with van der Waals surface area (Å²) in [6.07, 6.45) is 0. The molecule has 1 aliphatic heterocycles. The van der Waals surface area contributed by atoms with E-state index in [9.17, 15) is 9.59 Å². The van der Waals surface area contributed by atoms with Crippen LogP contribution in [0.5, 0.6) is 0 Å². The van der Waals surface area contributed by atoms with Crippen molar-refractivity contribution in [3.8, 4) is 11.1 Å². The number of benzene rings is 2. The van der Waals surface area contributed by atoms with Gasteiger partial charge < -0.3 is 0 Å². The van der Waals surface area contributed by atoms with Gasteiger partial charge in [0.05, 0.1) is 0 Å². The summed E-state index contributed by atoms with van der Waals surface area (Å²) in [5.74, 6) is -0.623. The Morgan fingerprint density at radius 1 is 0.556 bits per heavy atom. The van der Waals surface area contributed by atoms with Crippen LogP contribution in [0.15, 0.2) is 48.5 Å². The van der Waals surface area contributed by atoms with Gasteiger partial charge in [0.25, 0.3) is 11.8 Å². The molecule has 0 aliphatic carbocycles. The molecule has 2 amide bonds. The van der Waals surface area contributed by atoms with E-state index < -0.39 is 0 Å². The summed E-state index contributed by atoms with van der Waals surface area (Å²) in [5, 5.41) is 0. The lowest BCUT2D eigenvalue weighted by atomic mass is 9.94. The predicted octanol–water partition coefficient (Wildman–Crippen LogP) is 1.74. The summed E-state index contributed by atoms with van der Waals surface area (Å²) in [6.45, 7) is 0. The first-order valence-corrected chi connectivity index (χ1v) is 5.56. The van der Waals surface area contributed by atoms with Gasteiger partial charge in [0, 0.05) is 11.1 Å². The number of nitrogens with one attached hydrogen (secondary N) is 2. The van der Waals surface area contributed by atoms with E-state index in [4.69, 9.17) is 0 Å². The molecule has 1 aliphatic rings.